The topological polar surface area (TPSA) is 90.9 Å². The number of benzene rings is 1. The first-order valence-corrected chi connectivity index (χ1v) is 7.14. The predicted molar refractivity (Wildman–Crippen MR) is 82.5 cm³/mol. The molecule has 0 unspecified atom stereocenters. The van der Waals surface area contributed by atoms with Crippen molar-refractivity contribution in [3.63, 3.8) is 0 Å². The lowest BCUT2D eigenvalue weighted by atomic mass is 10.2. The number of ether oxygens (including phenoxy) is 3. The summed E-state index contributed by atoms with van der Waals surface area (Å²) < 4.78 is 14.2. The summed E-state index contributed by atoms with van der Waals surface area (Å²) in [6.45, 7) is -0.407. The van der Waals surface area contributed by atoms with E-state index in [0.29, 0.717) is 5.02 Å². The van der Waals surface area contributed by atoms with Gasteiger partial charge in [-0.25, -0.2) is 4.79 Å². The normalized spacial score (nSPS) is 11.3. The highest BCUT2D eigenvalue weighted by atomic mass is 35.5. The minimum atomic E-state index is -1.16. The molecule has 0 heterocycles. The van der Waals surface area contributed by atoms with Crippen LogP contribution in [0.3, 0.4) is 0 Å². The fourth-order valence-electron chi connectivity index (χ4n) is 1.56. The van der Waals surface area contributed by atoms with Crippen molar-refractivity contribution in [3.05, 3.63) is 28.2 Å². The Bertz CT molecular complexity index is 593. The molecule has 0 saturated heterocycles. The van der Waals surface area contributed by atoms with E-state index in [1.54, 1.807) is 6.07 Å². The van der Waals surface area contributed by atoms with Gasteiger partial charge in [0.2, 0.25) is 0 Å². The molecule has 0 aliphatic heterocycles. The van der Waals surface area contributed by atoms with E-state index >= 15 is 0 Å². The lowest BCUT2D eigenvalue weighted by Gasteiger charge is -2.15. The molecule has 1 aromatic carbocycles. The van der Waals surface area contributed by atoms with Crippen LogP contribution in [0.1, 0.15) is 6.42 Å². The summed E-state index contributed by atoms with van der Waals surface area (Å²) in [5, 5.41) is 2.99. The van der Waals surface area contributed by atoms with Gasteiger partial charge in [-0.05, 0) is 18.2 Å². The van der Waals surface area contributed by atoms with E-state index in [1.165, 1.54) is 19.2 Å². The Labute approximate surface area is 142 Å². The van der Waals surface area contributed by atoms with Crippen molar-refractivity contribution in [1.82, 2.24) is 5.32 Å². The number of esters is 2. The maximum absolute atomic E-state index is 11.8. The molecule has 126 valence electrons. The zero-order valence-corrected chi connectivity index (χ0v) is 13.9. The average molecular weight is 364 g/mol. The summed E-state index contributed by atoms with van der Waals surface area (Å²) in [6.07, 6.45) is -0.351. The van der Waals surface area contributed by atoms with Crippen molar-refractivity contribution in [2.75, 3.05) is 20.8 Å². The van der Waals surface area contributed by atoms with Crippen LogP contribution in [-0.2, 0) is 23.9 Å². The average Bonchev–Trinajstić information content (AvgIpc) is 2.52. The minimum Gasteiger partial charge on any atom is -0.482 e. The SMILES string of the molecule is COC(=O)C[C@H](NC(=O)COc1ccc(Cl)cc1Cl)C(=O)OC. The number of hydrogen-bond donors (Lipinski definition) is 1. The van der Waals surface area contributed by atoms with Gasteiger partial charge in [0.1, 0.15) is 11.8 Å². The van der Waals surface area contributed by atoms with Gasteiger partial charge in [0.25, 0.3) is 5.91 Å². The van der Waals surface area contributed by atoms with E-state index < -0.39 is 30.5 Å². The van der Waals surface area contributed by atoms with Gasteiger partial charge in [-0.2, -0.15) is 0 Å². The van der Waals surface area contributed by atoms with Crippen molar-refractivity contribution in [2.24, 2.45) is 0 Å². The van der Waals surface area contributed by atoms with Crippen molar-refractivity contribution >= 4 is 41.0 Å². The number of halogens is 2. The highest BCUT2D eigenvalue weighted by Crippen LogP contribution is 2.27. The Morgan fingerprint density at radius 1 is 1.17 bits per heavy atom. The Morgan fingerprint density at radius 2 is 1.87 bits per heavy atom. The molecule has 1 aromatic rings. The third kappa shape index (κ3) is 6.33. The summed E-state index contributed by atoms with van der Waals surface area (Å²) >= 11 is 11.6. The molecular weight excluding hydrogens is 349 g/mol. The number of methoxy groups -OCH3 is 2. The van der Waals surface area contributed by atoms with Crippen molar-refractivity contribution in [3.8, 4) is 5.75 Å². The second kappa shape index (κ2) is 9.22. The van der Waals surface area contributed by atoms with E-state index in [0.717, 1.165) is 7.11 Å². The fraction of sp³-hybridized carbons (Fsp3) is 0.357. The van der Waals surface area contributed by atoms with Crippen LogP contribution in [0.4, 0.5) is 0 Å². The van der Waals surface area contributed by atoms with E-state index in [4.69, 9.17) is 27.9 Å². The smallest absolute Gasteiger partial charge is 0.328 e. The van der Waals surface area contributed by atoms with Gasteiger partial charge in [-0.15, -0.1) is 0 Å². The van der Waals surface area contributed by atoms with Crippen molar-refractivity contribution in [2.45, 2.75) is 12.5 Å². The molecule has 0 spiro atoms. The molecule has 0 bridgehead atoms. The lowest BCUT2D eigenvalue weighted by molar-refractivity contribution is -0.150. The van der Waals surface area contributed by atoms with Crippen LogP contribution >= 0.6 is 23.2 Å². The highest BCUT2D eigenvalue weighted by Gasteiger charge is 2.25. The quantitative estimate of drug-likeness (QED) is 0.739. The Hall–Kier alpha value is -1.99. The number of carbonyl (C=O) groups is 3. The first kappa shape index (κ1) is 19.1. The molecule has 0 fully saturated rings. The summed E-state index contributed by atoms with van der Waals surface area (Å²) in [7, 11) is 2.31. The maximum Gasteiger partial charge on any atom is 0.328 e. The van der Waals surface area contributed by atoms with E-state index in [2.05, 4.69) is 14.8 Å². The molecule has 1 atom stereocenters. The van der Waals surface area contributed by atoms with Crippen LogP contribution < -0.4 is 10.1 Å². The Morgan fingerprint density at radius 3 is 2.43 bits per heavy atom. The molecule has 0 saturated carbocycles. The summed E-state index contributed by atoms with van der Waals surface area (Å²) in [5.41, 5.74) is 0. The summed E-state index contributed by atoms with van der Waals surface area (Å²) in [5.74, 6) is -1.81. The van der Waals surface area contributed by atoms with Crippen LogP contribution in [0, 0.1) is 0 Å². The molecule has 0 aliphatic rings. The molecule has 0 radical (unpaired) electrons. The predicted octanol–water partition coefficient (Wildman–Crippen LogP) is 1.59. The molecule has 1 N–H and O–H groups in total. The number of carbonyl (C=O) groups excluding carboxylic acids is 3. The number of hydrogen-bond acceptors (Lipinski definition) is 6. The first-order valence-electron chi connectivity index (χ1n) is 6.39. The van der Waals surface area contributed by atoms with Gasteiger partial charge in [0.05, 0.1) is 25.7 Å². The third-order valence-corrected chi connectivity index (χ3v) is 3.20. The van der Waals surface area contributed by atoms with Gasteiger partial charge < -0.3 is 19.5 Å². The first-order chi connectivity index (χ1) is 10.9. The second-order valence-electron chi connectivity index (χ2n) is 4.29. The standard InChI is InChI=1S/C14H15Cl2NO6/c1-21-13(19)6-10(14(20)22-2)17-12(18)7-23-11-4-3-8(15)5-9(11)16/h3-5,10H,6-7H2,1-2H3,(H,17,18)/t10-/m0/s1. The largest absolute Gasteiger partial charge is 0.482 e. The van der Waals surface area contributed by atoms with Crippen LogP contribution in [0.25, 0.3) is 0 Å². The van der Waals surface area contributed by atoms with Crippen LogP contribution in [0.5, 0.6) is 5.75 Å². The van der Waals surface area contributed by atoms with Gasteiger partial charge in [0, 0.05) is 5.02 Å². The second-order valence-corrected chi connectivity index (χ2v) is 5.13. The van der Waals surface area contributed by atoms with Crippen LogP contribution in [-0.4, -0.2) is 44.7 Å². The van der Waals surface area contributed by atoms with E-state index in [1.807, 2.05) is 0 Å². The molecule has 9 heteroatoms. The van der Waals surface area contributed by atoms with Crippen molar-refractivity contribution < 1.29 is 28.6 Å². The number of nitrogens with one attached hydrogen (secondary N) is 1. The number of rotatable bonds is 7. The molecule has 0 aromatic heterocycles. The zero-order chi connectivity index (χ0) is 17.4. The van der Waals surface area contributed by atoms with E-state index in [-0.39, 0.29) is 17.2 Å². The third-order valence-electron chi connectivity index (χ3n) is 2.67. The van der Waals surface area contributed by atoms with Crippen LogP contribution in [0.2, 0.25) is 10.0 Å². The zero-order valence-electron chi connectivity index (χ0n) is 12.4. The van der Waals surface area contributed by atoms with Gasteiger partial charge in [-0.3, -0.25) is 9.59 Å². The maximum atomic E-state index is 11.8. The van der Waals surface area contributed by atoms with Crippen molar-refractivity contribution in [1.29, 1.82) is 0 Å². The Kier molecular flexibility index (Phi) is 7.64. The lowest BCUT2D eigenvalue weighted by Crippen LogP contribution is -2.44. The van der Waals surface area contributed by atoms with E-state index in [9.17, 15) is 14.4 Å². The van der Waals surface area contributed by atoms with Gasteiger partial charge >= 0.3 is 11.9 Å². The fourth-order valence-corrected chi connectivity index (χ4v) is 2.02. The van der Waals surface area contributed by atoms with Gasteiger partial charge in [-0.1, -0.05) is 23.2 Å². The van der Waals surface area contributed by atoms with Crippen LogP contribution in [0.15, 0.2) is 18.2 Å². The highest BCUT2D eigenvalue weighted by molar-refractivity contribution is 6.35. The molecule has 1 amide bonds. The molecular formula is C14H15Cl2NO6. The Balaban J connectivity index is 2.61. The minimum absolute atomic E-state index is 0.240. The summed E-state index contributed by atoms with van der Waals surface area (Å²) in [6, 6.07) is 3.36. The molecule has 1 rings (SSSR count). The number of amides is 1. The summed E-state index contributed by atoms with van der Waals surface area (Å²) in [4.78, 5) is 34.6. The molecule has 23 heavy (non-hydrogen) atoms. The van der Waals surface area contributed by atoms with Gasteiger partial charge in [0.15, 0.2) is 6.61 Å². The monoisotopic (exact) mass is 363 g/mol. The molecule has 7 nitrogen and oxygen atoms in total. The molecule has 0 aliphatic carbocycles.